The minimum Gasteiger partial charge on any atom is -0.378 e. The third kappa shape index (κ3) is 6.32. The van der Waals surface area contributed by atoms with Gasteiger partial charge in [-0.15, -0.1) is 0 Å². The van der Waals surface area contributed by atoms with Crippen molar-refractivity contribution >= 4 is 17.5 Å². The van der Waals surface area contributed by atoms with E-state index in [9.17, 15) is 14.9 Å². The van der Waals surface area contributed by atoms with E-state index >= 15 is 0 Å². The van der Waals surface area contributed by atoms with E-state index in [0.29, 0.717) is 61.9 Å². The Hall–Kier alpha value is -4.09. The molecule has 0 unspecified atom stereocenters. The summed E-state index contributed by atoms with van der Waals surface area (Å²) in [5, 5.41) is 12.4. The Balaban J connectivity index is 1.48. The minimum atomic E-state index is -0.184. The summed E-state index contributed by atoms with van der Waals surface area (Å²) in [6.07, 6.45) is 2.57. The smallest absolute Gasteiger partial charge is 0.227 e. The molecule has 0 spiro atoms. The average Bonchev–Trinajstić information content (AvgIpc) is 2.89. The molecule has 36 heavy (non-hydrogen) atoms. The number of anilines is 1. The van der Waals surface area contributed by atoms with Gasteiger partial charge < -0.3 is 15.0 Å². The molecule has 1 N–H and O–H groups in total. The van der Waals surface area contributed by atoms with Gasteiger partial charge in [-0.3, -0.25) is 9.59 Å². The van der Waals surface area contributed by atoms with Gasteiger partial charge in [-0.2, -0.15) is 5.26 Å². The Labute approximate surface area is 210 Å². The number of nitrogens with zero attached hydrogens (tertiary/aromatic N) is 4. The Morgan fingerprint density at radius 1 is 1.11 bits per heavy atom. The van der Waals surface area contributed by atoms with E-state index in [-0.39, 0.29) is 17.7 Å². The maximum Gasteiger partial charge on any atom is 0.227 e. The molecule has 4 rings (SSSR count). The third-order valence-corrected chi connectivity index (χ3v) is 6.00. The van der Waals surface area contributed by atoms with Gasteiger partial charge in [0.05, 0.1) is 36.6 Å². The van der Waals surface area contributed by atoms with E-state index in [2.05, 4.69) is 16.4 Å². The molecule has 1 aliphatic heterocycles. The van der Waals surface area contributed by atoms with Crippen LogP contribution in [0.1, 0.15) is 36.4 Å². The molecule has 1 saturated heterocycles. The first-order chi connectivity index (χ1) is 17.4. The number of nitriles is 1. The molecular weight excluding hydrogens is 454 g/mol. The SMILES string of the molecule is CC(C)C(=O)Nc1ccc(-c2ccnc(Cc3cccc(CC(=O)N4CCOCC4)c3)n2)cc1C#N. The van der Waals surface area contributed by atoms with Gasteiger partial charge in [-0.05, 0) is 29.3 Å². The quantitative estimate of drug-likeness (QED) is 0.550. The molecule has 2 heterocycles. The molecule has 3 aromatic rings. The second-order valence-corrected chi connectivity index (χ2v) is 9.04. The molecule has 0 saturated carbocycles. The van der Waals surface area contributed by atoms with E-state index in [4.69, 9.17) is 9.72 Å². The molecule has 8 heteroatoms. The zero-order chi connectivity index (χ0) is 25.5. The molecule has 0 bridgehead atoms. The van der Waals surface area contributed by atoms with Crippen LogP contribution in [0.15, 0.2) is 54.7 Å². The number of hydrogen-bond donors (Lipinski definition) is 1. The molecule has 0 atom stereocenters. The van der Waals surface area contributed by atoms with Gasteiger partial charge in [-0.25, -0.2) is 9.97 Å². The summed E-state index contributed by atoms with van der Waals surface area (Å²) in [5.74, 6) is 0.420. The maximum atomic E-state index is 12.6. The molecule has 184 valence electrons. The fraction of sp³-hybridized carbons (Fsp3) is 0.321. The second-order valence-electron chi connectivity index (χ2n) is 9.04. The van der Waals surface area contributed by atoms with Crippen LogP contribution in [0.2, 0.25) is 0 Å². The molecule has 2 aromatic carbocycles. The summed E-state index contributed by atoms with van der Waals surface area (Å²) >= 11 is 0. The van der Waals surface area contributed by atoms with E-state index in [1.807, 2.05) is 35.2 Å². The summed E-state index contributed by atoms with van der Waals surface area (Å²) < 4.78 is 5.33. The van der Waals surface area contributed by atoms with Crippen LogP contribution < -0.4 is 5.32 Å². The van der Waals surface area contributed by atoms with Crippen LogP contribution in [-0.4, -0.2) is 53.0 Å². The van der Waals surface area contributed by atoms with Gasteiger partial charge in [0.15, 0.2) is 0 Å². The molecule has 0 aliphatic carbocycles. The number of morpholine rings is 1. The second kappa shape index (κ2) is 11.6. The Morgan fingerprint density at radius 2 is 1.89 bits per heavy atom. The van der Waals surface area contributed by atoms with Crippen LogP contribution in [0, 0.1) is 17.2 Å². The first-order valence-electron chi connectivity index (χ1n) is 12.0. The average molecular weight is 484 g/mol. The summed E-state index contributed by atoms with van der Waals surface area (Å²) in [6, 6.07) is 17.2. The van der Waals surface area contributed by atoms with Crippen molar-refractivity contribution < 1.29 is 14.3 Å². The van der Waals surface area contributed by atoms with Crippen LogP contribution in [0.4, 0.5) is 5.69 Å². The number of aromatic nitrogens is 2. The van der Waals surface area contributed by atoms with Crippen LogP contribution in [0.25, 0.3) is 11.3 Å². The van der Waals surface area contributed by atoms with Crippen molar-refractivity contribution in [1.82, 2.24) is 14.9 Å². The molecule has 1 fully saturated rings. The van der Waals surface area contributed by atoms with E-state index in [1.165, 1.54) is 0 Å². The highest BCUT2D eigenvalue weighted by molar-refractivity contribution is 5.93. The van der Waals surface area contributed by atoms with E-state index in [1.54, 1.807) is 38.2 Å². The Morgan fingerprint density at radius 3 is 2.64 bits per heavy atom. The summed E-state index contributed by atoms with van der Waals surface area (Å²) in [6.45, 7) is 6.05. The number of carbonyl (C=O) groups is 2. The van der Waals surface area contributed by atoms with Crippen LogP contribution in [0.3, 0.4) is 0 Å². The largest absolute Gasteiger partial charge is 0.378 e. The van der Waals surface area contributed by atoms with Gasteiger partial charge in [0.2, 0.25) is 11.8 Å². The number of carbonyl (C=O) groups excluding carboxylic acids is 2. The van der Waals surface area contributed by atoms with Crippen molar-refractivity contribution in [3.05, 3.63) is 77.2 Å². The highest BCUT2D eigenvalue weighted by Crippen LogP contribution is 2.24. The number of benzene rings is 2. The van der Waals surface area contributed by atoms with Gasteiger partial charge in [0.25, 0.3) is 0 Å². The van der Waals surface area contributed by atoms with Crippen LogP contribution >= 0.6 is 0 Å². The van der Waals surface area contributed by atoms with Gasteiger partial charge in [0.1, 0.15) is 11.9 Å². The molecule has 2 amide bonds. The lowest BCUT2D eigenvalue weighted by molar-refractivity contribution is -0.134. The van der Waals surface area contributed by atoms with Gasteiger partial charge in [0, 0.05) is 37.2 Å². The number of hydrogen-bond acceptors (Lipinski definition) is 6. The zero-order valence-corrected chi connectivity index (χ0v) is 20.5. The van der Waals surface area contributed by atoms with Crippen molar-refractivity contribution in [2.75, 3.05) is 31.6 Å². The first-order valence-corrected chi connectivity index (χ1v) is 12.0. The Bertz CT molecular complexity index is 1290. The first kappa shape index (κ1) is 25.0. The predicted octanol–water partition coefficient (Wildman–Crippen LogP) is 3.60. The van der Waals surface area contributed by atoms with Crippen molar-refractivity contribution in [2.24, 2.45) is 5.92 Å². The van der Waals surface area contributed by atoms with E-state index < -0.39 is 0 Å². The predicted molar refractivity (Wildman–Crippen MR) is 136 cm³/mol. The van der Waals surface area contributed by atoms with Crippen LogP contribution in [0.5, 0.6) is 0 Å². The fourth-order valence-corrected chi connectivity index (χ4v) is 3.96. The number of amides is 2. The summed E-state index contributed by atoms with van der Waals surface area (Å²) in [5.41, 5.74) is 4.29. The molecule has 1 aromatic heterocycles. The topological polar surface area (TPSA) is 108 Å². The lowest BCUT2D eigenvalue weighted by Gasteiger charge is -2.26. The lowest BCUT2D eigenvalue weighted by Crippen LogP contribution is -2.41. The van der Waals surface area contributed by atoms with E-state index in [0.717, 1.165) is 16.7 Å². The molecular formula is C28H29N5O3. The monoisotopic (exact) mass is 483 g/mol. The third-order valence-electron chi connectivity index (χ3n) is 6.00. The van der Waals surface area contributed by atoms with Crippen molar-refractivity contribution in [2.45, 2.75) is 26.7 Å². The Kier molecular flexibility index (Phi) is 8.03. The minimum absolute atomic E-state index is 0.107. The van der Waals surface area contributed by atoms with Gasteiger partial charge >= 0.3 is 0 Å². The van der Waals surface area contributed by atoms with Crippen molar-refractivity contribution in [1.29, 1.82) is 5.26 Å². The molecule has 1 aliphatic rings. The summed E-state index contributed by atoms with van der Waals surface area (Å²) in [4.78, 5) is 35.6. The normalized spacial score (nSPS) is 13.3. The highest BCUT2D eigenvalue weighted by atomic mass is 16.5. The van der Waals surface area contributed by atoms with Crippen molar-refractivity contribution in [3.8, 4) is 17.3 Å². The van der Waals surface area contributed by atoms with Crippen molar-refractivity contribution in [3.63, 3.8) is 0 Å². The van der Waals surface area contributed by atoms with Crippen LogP contribution in [-0.2, 0) is 27.2 Å². The van der Waals surface area contributed by atoms with Gasteiger partial charge in [-0.1, -0.05) is 44.2 Å². The zero-order valence-electron chi connectivity index (χ0n) is 20.5. The fourth-order valence-electron chi connectivity index (χ4n) is 3.96. The molecule has 0 radical (unpaired) electrons. The number of rotatable bonds is 7. The molecule has 8 nitrogen and oxygen atoms in total. The maximum absolute atomic E-state index is 12.6. The summed E-state index contributed by atoms with van der Waals surface area (Å²) in [7, 11) is 0. The highest BCUT2D eigenvalue weighted by Gasteiger charge is 2.17. The number of nitrogens with one attached hydrogen (secondary N) is 1. The number of ether oxygens (including phenoxy) is 1. The standard InChI is InChI=1S/C28H29N5O3/c1-19(2)28(35)32-24-7-6-22(17-23(24)18-29)25-8-9-30-26(31-25)15-20-4-3-5-21(14-20)16-27(34)33-10-12-36-13-11-33/h3-9,14,17,19H,10-13,15-16H2,1-2H3,(H,32,35). The lowest BCUT2D eigenvalue weighted by atomic mass is 10.0.